The average molecular weight is 574 g/mol. The van der Waals surface area contributed by atoms with Crippen molar-refractivity contribution in [2.75, 3.05) is 25.0 Å². The number of ether oxygens (including phenoxy) is 1. The van der Waals surface area contributed by atoms with Gasteiger partial charge in [-0.3, -0.25) is 14.5 Å². The van der Waals surface area contributed by atoms with E-state index in [1.165, 1.54) is 71.2 Å². The van der Waals surface area contributed by atoms with E-state index in [0.29, 0.717) is 34.2 Å². The number of rotatable bonds is 6. The molecule has 1 aromatic carbocycles. The number of amides is 1. The fourth-order valence-corrected chi connectivity index (χ4v) is 9.12. The van der Waals surface area contributed by atoms with Crippen LogP contribution in [0.2, 0.25) is 0 Å². The summed E-state index contributed by atoms with van der Waals surface area (Å²) in [6, 6.07) is 7.43. The number of fused-ring (bicyclic) bond motifs is 4. The molecule has 41 heavy (non-hydrogen) atoms. The van der Waals surface area contributed by atoms with E-state index in [1.807, 2.05) is 0 Å². The maximum atomic E-state index is 13.5. The number of aromatic nitrogens is 1. The Labute approximate surface area is 245 Å². The molecule has 1 saturated carbocycles. The van der Waals surface area contributed by atoms with Gasteiger partial charge in [0.1, 0.15) is 5.00 Å². The molecule has 0 radical (unpaired) electrons. The molecule has 216 valence electrons. The minimum atomic E-state index is -0.456. The number of anilines is 1. The number of nitrogens with one attached hydrogen (secondary N) is 1. The monoisotopic (exact) mass is 573 g/mol. The highest BCUT2D eigenvalue weighted by Crippen LogP contribution is 2.44. The van der Waals surface area contributed by atoms with Crippen LogP contribution in [0.3, 0.4) is 0 Å². The van der Waals surface area contributed by atoms with Crippen molar-refractivity contribution in [1.29, 1.82) is 0 Å². The lowest BCUT2D eigenvalue weighted by Gasteiger charge is -2.39. The fraction of sp³-hybridized carbons (Fsp3) is 0.545. The zero-order valence-corrected chi connectivity index (χ0v) is 24.7. The number of carbonyl (C=O) groups excluding carboxylic acids is 3. The Kier molecular flexibility index (Phi) is 7.23. The molecule has 1 atom stereocenters. The molecule has 1 aliphatic heterocycles. The highest BCUT2D eigenvalue weighted by molar-refractivity contribution is 7.18. The topological polar surface area (TPSA) is 80.6 Å². The van der Waals surface area contributed by atoms with Gasteiger partial charge in [0.15, 0.2) is 5.78 Å². The standard InChI is InChI=1S/C33H39N3O4S/c1-2-40-33(39)29-23-11-7-13-27(37)31(23)41-32(29)34-28(38)19-35-16-17-36-25-15-14-21(20-8-4-3-5-9-20)18-24(25)22-10-6-12-26(35)30(22)36/h14-15,18,20,26H,2-13,16-17,19H2,1H3,(H,34,38)/t26-/m1/s1. The summed E-state index contributed by atoms with van der Waals surface area (Å²) < 4.78 is 7.84. The van der Waals surface area contributed by atoms with Crippen molar-refractivity contribution in [3.05, 3.63) is 51.0 Å². The summed E-state index contributed by atoms with van der Waals surface area (Å²) in [5.41, 5.74) is 6.85. The van der Waals surface area contributed by atoms with Gasteiger partial charge in [0.2, 0.25) is 5.91 Å². The lowest BCUT2D eigenvalue weighted by Crippen LogP contribution is -2.43. The van der Waals surface area contributed by atoms with Crippen molar-refractivity contribution in [2.45, 2.75) is 96.1 Å². The lowest BCUT2D eigenvalue weighted by atomic mass is 9.83. The molecule has 1 fully saturated rings. The first kappa shape index (κ1) is 26.9. The molecule has 0 spiro atoms. The van der Waals surface area contributed by atoms with Gasteiger partial charge in [0.25, 0.3) is 0 Å². The van der Waals surface area contributed by atoms with E-state index < -0.39 is 5.97 Å². The van der Waals surface area contributed by atoms with Gasteiger partial charge in [-0.05, 0) is 86.6 Å². The van der Waals surface area contributed by atoms with E-state index in [1.54, 1.807) is 6.92 Å². The van der Waals surface area contributed by atoms with E-state index >= 15 is 0 Å². The predicted molar refractivity (Wildman–Crippen MR) is 161 cm³/mol. The SMILES string of the molecule is CCOC(=O)c1c(NC(=O)CN2CCn3c4c(c5cc(C6CCCCC6)ccc53)CCC[C@H]42)sc2c1CCCC2=O. The minimum Gasteiger partial charge on any atom is -0.462 e. The Morgan fingerprint density at radius 2 is 1.83 bits per heavy atom. The smallest absolute Gasteiger partial charge is 0.341 e. The number of esters is 1. The summed E-state index contributed by atoms with van der Waals surface area (Å²) in [6.45, 7) is 3.96. The average Bonchev–Trinajstić information content (AvgIpc) is 3.52. The Morgan fingerprint density at radius 1 is 1.00 bits per heavy atom. The molecule has 3 heterocycles. The third kappa shape index (κ3) is 4.73. The van der Waals surface area contributed by atoms with E-state index in [9.17, 15) is 14.4 Å². The van der Waals surface area contributed by atoms with Crippen molar-refractivity contribution in [2.24, 2.45) is 0 Å². The van der Waals surface area contributed by atoms with Crippen LogP contribution in [0, 0.1) is 0 Å². The number of benzene rings is 1. The third-order valence-corrected chi connectivity index (χ3v) is 10.9. The summed E-state index contributed by atoms with van der Waals surface area (Å²) in [4.78, 5) is 41.9. The van der Waals surface area contributed by atoms with Crippen molar-refractivity contribution < 1.29 is 19.1 Å². The van der Waals surface area contributed by atoms with Crippen LogP contribution in [-0.4, -0.2) is 46.8 Å². The molecule has 3 aliphatic carbocycles. The molecule has 3 aromatic rings. The van der Waals surface area contributed by atoms with E-state index in [4.69, 9.17) is 4.74 Å². The number of hydrogen-bond donors (Lipinski definition) is 1. The molecule has 0 unspecified atom stereocenters. The normalized spacial score (nSPS) is 21.0. The van der Waals surface area contributed by atoms with E-state index in [2.05, 4.69) is 33.0 Å². The highest BCUT2D eigenvalue weighted by Gasteiger charge is 2.37. The van der Waals surface area contributed by atoms with Gasteiger partial charge < -0.3 is 14.6 Å². The highest BCUT2D eigenvalue weighted by atomic mass is 32.1. The largest absolute Gasteiger partial charge is 0.462 e. The van der Waals surface area contributed by atoms with Crippen molar-refractivity contribution >= 4 is 44.9 Å². The first-order valence-corrected chi connectivity index (χ1v) is 16.4. The van der Waals surface area contributed by atoms with E-state index in [0.717, 1.165) is 44.3 Å². The maximum Gasteiger partial charge on any atom is 0.341 e. The molecular weight excluding hydrogens is 534 g/mol. The van der Waals surface area contributed by atoms with Gasteiger partial charge in [-0.2, -0.15) is 0 Å². The molecule has 1 N–H and O–H groups in total. The van der Waals surface area contributed by atoms with Gasteiger partial charge in [-0.25, -0.2) is 4.79 Å². The molecule has 7 rings (SSSR count). The number of aryl methyl sites for hydroxylation is 1. The molecule has 4 aliphatic rings. The first-order valence-electron chi connectivity index (χ1n) is 15.6. The van der Waals surface area contributed by atoms with Crippen molar-refractivity contribution in [3.63, 3.8) is 0 Å². The number of Topliss-reactive ketones (excluding diaryl/α,β-unsaturated/α-hetero) is 1. The molecule has 8 heteroatoms. The second-order valence-electron chi connectivity index (χ2n) is 12.2. The Bertz CT molecular complexity index is 1530. The molecule has 2 aromatic heterocycles. The minimum absolute atomic E-state index is 0.0486. The lowest BCUT2D eigenvalue weighted by molar-refractivity contribution is -0.118. The van der Waals surface area contributed by atoms with Gasteiger partial charge in [-0.15, -0.1) is 11.3 Å². The zero-order valence-electron chi connectivity index (χ0n) is 23.9. The number of carbonyl (C=O) groups is 3. The van der Waals surface area contributed by atoms with Crippen molar-refractivity contribution in [3.8, 4) is 0 Å². The number of ketones is 1. The molecule has 0 saturated heterocycles. The zero-order chi connectivity index (χ0) is 28.1. The summed E-state index contributed by atoms with van der Waals surface area (Å²) >= 11 is 1.23. The van der Waals surface area contributed by atoms with Crippen LogP contribution in [0.25, 0.3) is 10.9 Å². The summed E-state index contributed by atoms with van der Waals surface area (Å²) in [6.07, 6.45) is 11.8. The summed E-state index contributed by atoms with van der Waals surface area (Å²) in [7, 11) is 0. The van der Waals surface area contributed by atoms with Crippen LogP contribution < -0.4 is 5.32 Å². The maximum absolute atomic E-state index is 13.5. The number of hydrogen-bond acceptors (Lipinski definition) is 6. The Morgan fingerprint density at radius 3 is 2.66 bits per heavy atom. The first-order chi connectivity index (χ1) is 20.0. The van der Waals surface area contributed by atoms with Crippen LogP contribution in [0.15, 0.2) is 18.2 Å². The van der Waals surface area contributed by atoms with Crippen LogP contribution in [0.5, 0.6) is 0 Å². The predicted octanol–water partition coefficient (Wildman–Crippen LogP) is 6.78. The number of nitrogens with zero attached hydrogens (tertiary/aromatic N) is 2. The van der Waals surface area contributed by atoms with E-state index in [-0.39, 0.29) is 30.9 Å². The van der Waals surface area contributed by atoms with Crippen LogP contribution in [0.4, 0.5) is 5.00 Å². The second kappa shape index (κ2) is 11.0. The van der Waals surface area contributed by atoms with Crippen LogP contribution in [-0.2, 0) is 28.9 Å². The van der Waals surface area contributed by atoms with Gasteiger partial charge in [0.05, 0.1) is 29.6 Å². The summed E-state index contributed by atoms with van der Waals surface area (Å²) in [5, 5.41) is 4.91. The van der Waals surface area contributed by atoms with Crippen LogP contribution in [0.1, 0.15) is 119 Å². The Balaban J connectivity index is 1.14. The molecule has 0 bridgehead atoms. The van der Waals surface area contributed by atoms with Gasteiger partial charge in [-0.1, -0.05) is 25.3 Å². The van der Waals surface area contributed by atoms with Crippen LogP contribution >= 0.6 is 11.3 Å². The summed E-state index contributed by atoms with van der Waals surface area (Å²) in [5.74, 6) is 0.141. The van der Waals surface area contributed by atoms with Gasteiger partial charge in [0, 0.05) is 36.1 Å². The Hall–Kier alpha value is -2.97. The molecule has 7 nitrogen and oxygen atoms in total. The molecule has 1 amide bonds. The second-order valence-corrected chi connectivity index (χ2v) is 13.2. The third-order valence-electron chi connectivity index (χ3n) is 9.75. The fourth-order valence-electron chi connectivity index (χ4n) is 7.90. The number of thiophene rings is 1. The quantitative estimate of drug-likeness (QED) is 0.329. The van der Waals surface area contributed by atoms with Gasteiger partial charge >= 0.3 is 5.97 Å². The molecular formula is C33H39N3O4S. The van der Waals surface area contributed by atoms with Crippen molar-refractivity contribution in [1.82, 2.24) is 9.47 Å².